The van der Waals surface area contributed by atoms with Crippen LogP contribution in [0.5, 0.6) is 5.75 Å². The number of benzene rings is 1. The minimum atomic E-state index is -0.437. The van der Waals surface area contributed by atoms with Crippen LogP contribution < -0.4 is 10.1 Å². The molecule has 1 aromatic heterocycles. The number of thiazole rings is 1. The second-order valence-electron chi connectivity index (χ2n) is 5.97. The molecule has 1 atom stereocenters. The first kappa shape index (κ1) is 16.9. The second-order valence-corrected chi connectivity index (χ2v) is 7.04. The van der Waals surface area contributed by atoms with Crippen molar-refractivity contribution in [2.75, 3.05) is 7.11 Å². The van der Waals surface area contributed by atoms with E-state index in [4.69, 9.17) is 4.74 Å². The molecule has 24 heavy (non-hydrogen) atoms. The Kier molecular flexibility index (Phi) is 4.82. The van der Waals surface area contributed by atoms with Gasteiger partial charge in [0.1, 0.15) is 17.3 Å². The Morgan fingerprint density at radius 2 is 2.25 bits per heavy atom. The van der Waals surface area contributed by atoms with Gasteiger partial charge >= 0.3 is 0 Å². The van der Waals surface area contributed by atoms with E-state index >= 15 is 0 Å². The van der Waals surface area contributed by atoms with Crippen molar-refractivity contribution in [3.05, 3.63) is 45.7 Å². The van der Waals surface area contributed by atoms with E-state index < -0.39 is 11.9 Å². The maximum atomic E-state index is 13.7. The summed E-state index contributed by atoms with van der Waals surface area (Å²) in [6.07, 6.45) is 0.733. The molecule has 0 unspecified atom stereocenters. The van der Waals surface area contributed by atoms with Gasteiger partial charge in [-0.15, -0.1) is 11.3 Å². The highest BCUT2D eigenvalue weighted by Crippen LogP contribution is 2.41. The molecule has 1 aliphatic rings. The summed E-state index contributed by atoms with van der Waals surface area (Å²) in [5.74, 6) is -0.164. The van der Waals surface area contributed by atoms with Crippen molar-refractivity contribution in [2.24, 2.45) is 5.92 Å². The van der Waals surface area contributed by atoms with E-state index in [1.807, 2.05) is 6.92 Å². The number of nitrogens with zero attached hydrogens (tertiary/aromatic N) is 1. The molecule has 0 spiro atoms. The number of carbonyl (C=O) groups is 1. The molecule has 1 fully saturated rings. The molecule has 1 aromatic carbocycles. The Morgan fingerprint density at radius 3 is 2.83 bits per heavy atom. The Balaban J connectivity index is 1.89. The van der Waals surface area contributed by atoms with Gasteiger partial charge in [-0.1, -0.05) is 0 Å². The first-order chi connectivity index (χ1) is 11.5. The minimum absolute atomic E-state index is 0.0272. The van der Waals surface area contributed by atoms with E-state index in [1.54, 1.807) is 11.4 Å². The quantitative estimate of drug-likeness (QED) is 0.870. The fourth-order valence-corrected chi connectivity index (χ4v) is 3.58. The number of carbonyl (C=O) groups excluding carboxylic acids is 1. The molecule has 1 saturated carbocycles. The Hall–Kier alpha value is -1.99. The van der Waals surface area contributed by atoms with Crippen LogP contribution in [0, 0.1) is 18.7 Å². The molecule has 2 N–H and O–H groups in total. The van der Waals surface area contributed by atoms with Crippen LogP contribution in [0.15, 0.2) is 23.6 Å². The van der Waals surface area contributed by atoms with Crippen LogP contribution in [-0.2, 0) is 0 Å². The van der Waals surface area contributed by atoms with Crippen molar-refractivity contribution in [3.63, 3.8) is 0 Å². The lowest BCUT2D eigenvalue weighted by molar-refractivity contribution is 0.0230. The molecule has 3 rings (SSSR count). The lowest BCUT2D eigenvalue weighted by Crippen LogP contribution is -2.41. The monoisotopic (exact) mass is 350 g/mol. The van der Waals surface area contributed by atoms with Crippen molar-refractivity contribution < 1.29 is 19.0 Å². The molecule has 2 aromatic rings. The smallest absolute Gasteiger partial charge is 0.271 e. The van der Waals surface area contributed by atoms with Gasteiger partial charge in [-0.3, -0.25) is 4.79 Å². The summed E-state index contributed by atoms with van der Waals surface area (Å²) in [7, 11) is 1.51. The van der Waals surface area contributed by atoms with Crippen LogP contribution >= 0.6 is 11.3 Å². The van der Waals surface area contributed by atoms with Crippen molar-refractivity contribution in [3.8, 4) is 5.75 Å². The van der Waals surface area contributed by atoms with Gasteiger partial charge in [0, 0.05) is 10.9 Å². The Labute approximate surface area is 143 Å². The van der Waals surface area contributed by atoms with E-state index in [-0.39, 0.29) is 17.9 Å². The maximum Gasteiger partial charge on any atom is 0.271 e. The number of aryl methyl sites for hydroxylation is 1. The van der Waals surface area contributed by atoms with Crippen LogP contribution in [0.25, 0.3) is 0 Å². The first-order valence-corrected chi connectivity index (χ1v) is 8.60. The zero-order valence-corrected chi connectivity index (χ0v) is 14.3. The molecule has 1 heterocycles. The normalized spacial score (nSPS) is 21.0. The van der Waals surface area contributed by atoms with Crippen molar-refractivity contribution in [1.29, 1.82) is 0 Å². The van der Waals surface area contributed by atoms with Gasteiger partial charge in [0.25, 0.3) is 5.91 Å². The molecule has 1 aliphatic carbocycles. The molecule has 0 saturated heterocycles. The number of methoxy groups -OCH3 is 1. The number of hydrogen-bond donors (Lipinski definition) is 2. The van der Waals surface area contributed by atoms with E-state index in [0.717, 1.165) is 5.01 Å². The Bertz CT molecular complexity index is 743. The lowest BCUT2D eigenvalue weighted by Gasteiger charge is -2.38. The number of aromatic nitrogens is 1. The highest BCUT2D eigenvalue weighted by Gasteiger charge is 2.37. The van der Waals surface area contributed by atoms with Gasteiger partial charge < -0.3 is 15.2 Å². The third-order valence-corrected chi connectivity index (χ3v) is 5.06. The predicted octanol–water partition coefficient (Wildman–Crippen LogP) is 2.84. The predicted molar refractivity (Wildman–Crippen MR) is 88.7 cm³/mol. The highest BCUT2D eigenvalue weighted by atomic mass is 32.1. The average molecular weight is 350 g/mol. The summed E-state index contributed by atoms with van der Waals surface area (Å²) in [4.78, 5) is 16.7. The molecule has 0 radical (unpaired) electrons. The highest BCUT2D eigenvalue weighted by molar-refractivity contribution is 7.09. The topological polar surface area (TPSA) is 71.5 Å². The zero-order chi connectivity index (χ0) is 17.3. The standard InChI is InChI=1S/C17H19FN2O3S/c1-9-19-14(8-24-9)17(22)20-16(10-5-12(21)6-10)13-7-11(18)3-4-15(13)23-2/h3-4,7-8,10,12,16,21H,5-6H2,1-2H3,(H,20,22)/t10?,12?,16-/m1/s1. The van der Waals surface area contributed by atoms with Crippen molar-refractivity contribution >= 4 is 17.2 Å². The van der Waals surface area contributed by atoms with Crippen LogP contribution in [0.3, 0.4) is 0 Å². The summed E-state index contributed by atoms with van der Waals surface area (Å²) >= 11 is 1.40. The number of nitrogens with one attached hydrogen (secondary N) is 1. The van der Waals surface area contributed by atoms with E-state index in [0.29, 0.717) is 29.8 Å². The number of halogens is 1. The van der Waals surface area contributed by atoms with Gasteiger partial charge in [-0.25, -0.2) is 9.37 Å². The summed E-state index contributed by atoms with van der Waals surface area (Å²) in [6, 6.07) is 3.81. The maximum absolute atomic E-state index is 13.7. The molecule has 0 bridgehead atoms. The fraction of sp³-hybridized carbons (Fsp3) is 0.412. The SMILES string of the molecule is COc1ccc(F)cc1[C@H](NC(=O)c1csc(C)n1)C1CC(O)C1. The Morgan fingerprint density at radius 1 is 1.50 bits per heavy atom. The van der Waals surface area contributed by atoms with E-state index in [1.165, 1.54) is 30.6 Å². The summed E-state index contributed by atoms with van der Waals surface area (Å²) in [5.41, 5.74) is 0.924. The number of hydrogen-bond acceptors (Lipinski definition) is 5. The first-order valence-electron chi connectivity index (χ1n) is 7.72. The molecule has 1 amide bonds. The third-order valence-electron chi connectivity index (χ3n) is 4.29. The lowest BCUT2D eigenvalue weighted by atomic mass is 9.74. The zero-order valence-electron chi connectivity index (χ0n) is 13.5. The van der Waals surface area contributed by atoms with Gasteiger partial charge in [-0.05, 0) is 43.9 Å². The van der Waals surface area contributed by atoms with Crippen LogP contribution in [0.4, 0.5) is 4.39 Å². The van der Waals surface area contributed by atoms with E-state index in [2.05, 4.69) is 10.3 Å². The molecule has 128 valence electrons. The number of rotatable bonds is 5. The fourth-order valence-electron chi connectivity index (χ4n) is 2.98. The summed E-state index contributed by atoms with van der Waals surface area (Å²) in [5, 5.41) is 15.1. The molecule has 5 nitrogen and oxygen atoms in total. The molecule has 0 aliphatic heterocycles. The molecular weight excluding hydrogens is 331 g/mol. The van der Waals surface area contributed by atoms with Crippen LogP contribution in [0.1, 0.15) is 39.9 Å². The molecular formula is C17H19FN2O3S. The van der Waals surface area contributed by atoms with Gasteiger partial charge in [0.05, 0.1) is 24.3 Å². The van der Waals surface area contributed by atoms with Gasteiger partial charge in [0.2, 0.25) is 0 Å². The van der Waals surface area contributed by atoms with Crippen LogP contribution in [-0.4, -0.2) is 29.2 Å². The summed E-state index contributed by atoms with van der Waals surface area (Å²) < 4.78 is 19.1. The number of aliphatic hydroxyl groups excluding tert-OH is 1. The number of amides is 1. The van der Waals surface area contributed by atoms with E-state index in [9.17, 15) is 14.3 Å². The largest absolute Gasteiger partial charge is 0.496 e. The van der Waals surface area contributed by atoms with Crippen LogP contribution in [0.2, 0.25) is 0 Å². The minimum Gasteiger partial charge on any atom is -0.496 e. The third kappa shape index (κ3) is 3.42. The molecule has 7 heteroatoms. The second kappa shape index (κ2) is 6.86. The van der Waals surface area contributed by atoms with Gasteiger partial charge in [-0.2, -0.15) is 0 Å². The van der Waals surface area contributed by atoms with Crippen molar-refractivity contribution in [1.82, 2.24) is 10.3 Å². The summed E-state index contributed by atoms with van der Waals surface area (Å²) in [6.45, 7) is 1.83. The average Bonchev–Trinajstić information content (AvgIpc) is 2.96. The number of aliphatic hydroxyl groups is 1. The van der Waals surface area contributed by atoms with Gasteiger partial charge in [0.15, 0.2) is 0 Å². The number of ether oxygens (including phenoxy) is 1. The van der Waals surface area contributed by atoms with Crippen molar-refractivity contribution in [2.45, 2.75) is 31.9 Å².